The lowest BCUT2D eigenvalue weighted by Crippen LogP contribution is -2.43. The van der Waals surface area contributed by atoms with Gasteiger partial charge in [-0.3, -0.25) is 0 Å². The van der Waals surface area contributed by atoms with Crippen molar-refractivity contribution in [2.45, 2.75) is 30.7 Å². The average Bonchev–Trinajstić information content (AvgIpc) is 2.46. The highest BCUT2D eigenvalue weighted by Gasteiger charge is 2.09. The van der Waals surface area contributed by atoms with Gasteiger partial charge in [-0.05, 0) is 36.8 Å². The summed E-state index contributed by atoms with van der Waals surface area (Å²) in [5, 5.41) is 10.7. The summed E-state index contributed by atoms with van der Waals surface area (Å²) in [6, 6.07) is 6.32. The molecule has 22 heavy (non-hydrogen) atoms. The number of hydrogen-bond donors (Lipinski definition) is 3. The summed E-state index contributed by atoms with van der Waals surface area (Å²) in [6.07, 6.45) is 3.52. The number of nitrogens with two attached hydrogens (primary N) is 1. The largest absolute Gasteiger partial charge is 0.338 e. The summed E-state index contributed by atoms with van der Waals surface area (Å²) in [4.78, 5) is 11.8. The van der Waals surface area contributed by atoms with Gasteiger partial charge in [-0.2, -0.15) is 11.8 Å². The number of amides is 2. The average molecular weight is 345 g/mol. The third-order valence-corrected chi connectivity index (χ3v) is 4.81. The second kappa shape index (κ2) is 9.02. The normalized spacial score (nSPS) is 12.7. The summed E-state index contributed by atoms with van der Waals surface area (Å²) in [5.41, 5.74) is 0.934. The molecule has 0 aliphatic heterocycles. The van der Waals surface area contributed by atoms with Crippen LogP contribution in [0.25, 0.3) is 0 Å². The van der Waals surface area contributed by atoms with Gasteiger partial charge in [0, 0.05) is 18.3 Å². The van der Waals surface area contributed by atoms with E-state index in [0.29, 0.717) is 13.0 Å². The first kappa shape index (κ1) is 18.8. The van der Waals surface area contributed by atoms with E-state index in [4.69, 9.17) is 5.14 Å². The number of carbonyl (C=O) groups is 1. The van der Waals surface area contributed by atoms with Crippen LogP contribution in [0.1, 0.15) is 18.9 Å². The van der Waals surface area contributed by atoms with Gasteiger partial charge in [0.2, 0.25) is 10.0 Å². The molecule has 0 heterocycles. The molecule has 0 saturated carbocycles. The summed E-state index contributed by atoms with van der Waals surface area (Å²) in [7, 11) is -3.66. The Bertz CT molecular complexity index is 574. The molecule has 4 N–H and O–H groups in total. The van der Waals surface area contributed by atoms with Crippen LogP contribution >= 0.6 is 11.8 Å². The molecule has 0 saturated heterocycles. The highest BCUT2D eigenvalue weighted by atomic mass is 32.2. The minimum atomic E-state index is -3.66. The van der Waals surface area contributed by atoms with Crippen LogP contribution in [0.5, 0.6) is 0 Å². The zero-order chi connectivity index (χ0) is 16.6. The van der Waals surface area contributed by atoms with Crippen LogP contribution in [0.3, 0.4) is 0 Å². The molecule has 0 unspecified atom stereocenters. The lowest BCUT2D eigenvalue weighted by molar-refractivity contribution is 0.238. The third-order valence-electron chi connectivity index (χ3n) is 3.15. The van der Waals surface area contributed by atoms with Gasteiger partial charge in [0.05, 0.1) is 4.90 Å². The first-order valence-corrected chi connectivity index (χ1v) is 9.96. The first-order valence-electron chi connectivity index (χ1n) is 7.01. The van der Waals surface area contributed by atoms with E-state index in [1.54, 1.807) is 23.9 Å². The Kier molecular flexibility index (Phi) is 7.70. The van der Waals surface area contributed by atoms with Gasteiger partial charge in [0.25, 0.3) is 0 Å². The number of primary sulfonamides is 1. The lowest BCUT2D eigenvalue weighted by atomic mass is 10.1. The summed E-state index contributed by atoms with van der Waals surface area (Å²) < 4.78 is 22.3. The molecule has 0 aliphatic rings. The lowest BCUT2D eigenvalue weighted by Gasteiger charge is -2.16. The molecule has 124 valence electrons. The van der Waals surface area contributed by atoms with Gasteiger partial charge in [-0.1, -0.05) is 19.1 Å². The molecule has 0 aliphatic carbocycles. The molecule has 0 fully saturated rings. The van der Waals surface area contributed by atoms with E-state index in [1.807, 2.05) is 13.2 Å². The van der Waals surface area contributed by atoms with E-state index in [2.05, 4.69) is 10.6 Å². The highest BCUT2D eigenvalue weighted by Crippen LogP contribution is 2.08. The number of carbonyl (C=O) groups excluding carboxylic acids is 1. The Hall–Kier alpha value is -1.25. The number of urea groups is 1. The fourth-order valence-electron chi connectivity index (χ4n) is 1.87. The van der Waals surface area contributed by atoms with Gasteiger partial charge in [0.15, 0.2) is 0 Å². The van der Waals surface area contributed by atoms with Crippen molar-refractivity contribution in [1.29, 1.82) is 0 Å². The maximum absolute atomic E-state index is 11.7. The monoisotopic (exact) mass is 345 g/mol. The molecule has 6 nitrogen and oxygen atoms in total. The molecule has 2 amide bonds. The van der Waals surface area contributed by atoms with Gasteiger partial charge < -0.3 is 10.6 Å². The molecule has 0 aromatic heterocycles. The van der Waals surface area contributed by atoms with Crippen LogP contribution in [-0.2, 0) is 16.4 Å². The Morgan fingerprint density at radius 3 is 2.45 bits per heavy atom. The van der Waals surface area contributed by atoms with Gasteiger partial charge in [0.1, 0.15) is 0 Å². The van der Waals surface area contributed by atoms with Gasteiger partial charge in [-0.25, -0.2) is 18.4 Å². The molecular weight excluding hydrogens is 322 g/mol. The molecule has 1 aromatic rings. The van der Waals surface area contributed by atoms with E-state index in [1.165, 1.54) is 12.1 Å². The zero-order valence-corrected chi connectivity index (χ0v) is 14.5. The second-order valence-corrected chi connectivity index (χ2v) is 7.37. The maximum atomic E-state index is 11.7. The molecule has 0 radical (unpaired) electrons. The summed E-state index contributed by atoms with van der Waals surface area (Å²) >= 11 is 1.70. The van der Waals surface area contributed by atoms with Crippen LogP contribution in [0.2, 0.25) is 0 Å². The highest BCUT2D eigenvalue weighted by molar-refractivity contribution is 7.98. The number of rotatable bonds is 8. The van der Waals surface area contributed by atoms with E-state index < -0.39 is 10.0 Å². The smallest absolute Gasteiger partial charge is 0.315 e. The summed E-state index contributed by atoms with van der Waals surface area (Å²) in [6.45, 7) is 2.52. The maximum Gasteiger partial charge on any atom is 0.315 e. The molecule has 1 aromatic carbocycles. The SMILES string of the molecule is CC[C@H](CSC)NC(=O)NCCc1ccc(S(N)(=O)=O)cc1. The molecule has 0 bridgehead atoms. The number of hydrogen-bond acceptors (Lipinski definition) is 4. The van der Waals surface area contributed by atoms with Crippen molar-refractivity contribution in [2.24, 2.45) is 5.14 Å². The minimum absolute atomic E-state index is 0.0878. The Morgan fingerprint density at radius 2 is 1.95 bits per heavy atom. The molecule has 1 rings (SSSR count). The summed E-state index contributed by atoms with van der Waals surface area (Å²) in [5.74, 6) is 0.888. The Balaban J connectivity index is 2.39. The fraction of sp³-hybridized carbons (Fsp3) is 0.500. The molecule has 8 heteroatoms. The second-order valence-electron chi connectivity index (χ2n) is 4.90. The van der Waals surface area contributed by atoms with Crippen molar-refractivity contribution in [1.82, 2.24) is 10.6 Å². The van der Waals surface area contributed by atoms with Gasteiger partial charge >= 0.3 is 6.03 Å². The molecule has 0 spiro atoms. The number of thioether (sulfide) groups is 1. The minimum Gasteiger partial charge on any atom is -0.338 e. The number of benzene rings is 1. The number of sulfonamides is 1. The quantitative estimate of drug-likeness (QED) is 0.661. The van der Waals surface area contributed by atoms with Gasteiger partial charge in [-0.15, -0.1) is 0 Å². The predicted molar refractivity (Wildman–Crippen MR) is 90.5 cm³/mol. The van der Waals surface area contributed by atoms with Crippen molar-refractivity contribution in [3.8, 4) is 0 Å². The molecular formula is C14H23N3O3S2. The Morgan fingerprint density at radius 1 is 1.32 bits per heavy atom. The van der Waals surface area contributed by atoms with Crippen LogP contribution in [-0.4, -0.2) is 39.0 Å². The fourth-order valence-corrected chi connectivity index (χ4v) is 3.10. The van der Waals surface area contributed by atoms with Crippen molar-refractivity contribution in [3.63, 3.8) is 0 Å². The van der Waals surface area contributed by atoms with Crippen LogP contribution in [0.4, 0.5) is 4.79 Å². The van der Waals surface area contributed by atoms with E-state index in [9.17, 15) is 13.2 Å². The zero-order valence-electron chi connectivity index (χ0n) is 12.8. The number of nitrogens with one attached hydrogen (secondary N) is 2. The van der Waals surface area contributed by atoms with E-state index in [0.717, 1.165) is 17.7 Å². The van der Waals surface area contributed by atoms with E-state index >= 15 is 0 Å². The van der Waals surface area contributed by atoms with Crippen LogP contribution < -0.4 is 15.8 Å². The van der Waals surface area contributed by atoms with Crippen molar-refractivity contribution in [2.75, 3.05) is 18.6 Å². The van der Waals surface area contributed by atoms with Crippen LogP contribution in [0, 0.1) is 0 Å². The predicted octanol–water partition coefficient (Wildman–Crippen LogP) is 1.32. The van der Waals surface area contributed by atoms with E-state index in [-0.39, 0.29) is 17.0 Å². The molecule has 1 atom stereocenters. The third kappa shape index (κ3) is 6.67. The van der Waals surface area contributed by atoms with Crippen LogP contribution in [0.15, 0.2) is 29.2 Å². The standard InChI is InChI=1S/C14H23N3O3S2/c1-3-12(10-21-2)17-14(18)16-9-8-11-4-6-13(7-5-11)22(15,19)20/h4-7,12H,3,8-10H2,1-2H3,(H2,15,19,20)(H2,16,17,18)/t12-/m1/s1. The van der Waals surface area contributed by atoms with Crippen molar-refractivity contribution >= 4 is 27.8 Å². The Labute approximate surface area is 136 Å². The van der Waals surface area contributed by atoms with Crippen molar-refractivity contribution in [3.05, 3.63) is 29.8 Å². The van der Waals surface area contributed by atoms with Crippen molar-refractivity contribution < 1.29 is 13.2 Å². The first-order chi connectivity index (χ1) is 10.4. The topological polar surface area (TPSA) is 101 Å².